The maximum absolute atomic E-state index is 13.4. The number of ether oxygens (including phenoxy) is 1. The number of rotatable bonds is 2. The van der Waals surface area contributed by atoms with E-state index in [9.17, 15) is 53.5 Å². The molecule has 144 valence electrons. The van der Waals surface area contributed by atoms with Crippen molar-refractivity contribution in [3.63, 3.8) is 0 Å². The van der Waals surface area contributed by atoms with Crippen molar-refractivity contribution < 1.29 is 58.2 Å². The molecule has 0 spiro atoms. The van der Waals surface area contributed by atoms with Gasteiger partial charge in [-0.3, -0.25) is 0 Å². The van der Waals surface area contributed by atoms with Crippen LogP contribution in [-0.4, -0.2) is 11.9 Å². The van der Waals surface area contributed by atoms with Crippen LogP contribution >= 0.6 is 0 Å². The molecule has 13 heteroatoms. The van der Waals surface area contributed by atoms with Crippen LogP contribution in [0, 0.1) is 58.2 Å². The lowest BCUT2D eigenvalue weighted by Crippen LogP contribution is -2.21. The minimum absolute atomic E-state index is 2.33. The first kappa shape index (κ1) is 20.2. The molecule has 0 saturated heterocycles. The van der Waals surface area contributed by atoms with Gasteiger partial charge in [0.25, 0.3) is 0 Å². The Bertz CT molecular complexity index is 864. The highest BCUT2D eigenvalue weighted by Crippen LogP contribution is 2.26. The SMILES string of the molecule is O=C(OC(=O)c1c(F)c(F)c(F)c(F)c1F)c1c(F)c(F)c(F)c(F)c1F. The second-order valence-corrected chi connectivity index (χ2v) is 4.57. The normalized spacial score (nSPS) is 10.9. The first-order valence-corrected chi connectivity index (χ1v) is 6.21. The van der Waals surface area contributed by atoms with E-state index in [-0.39, 0.29) is 0 Å². The molecule has 3 nitrogen and oxygen atoms in total. The second-order valence-electron chi connectivity index (χ2n) is 4.57. The number of halogens is 10. The Morgan fingerprint density at radius 1 is 0.407 bits per heavy atom. The standard InChI is InChI=1S/C14F10O3/c15-3-1(4(16)8(20)11(23)7(3)19)13(25)27-14(26)2-5(17)9(21)12(24)10(22)6(2)18. The van der Waals surface area contributed by atoms with E-state index in [1.807, 2.05) is 0 Å². The molecule has 0 amide bonds. The van der Waals surface area contributed by atoms with Gasteiger partial charge in [0.15, 0.2) is 46.5 Å². The number of carbonyl (C=O) groups is 2. The monoisotopic (exact) mass is 406 g/mol. The van der Waals surface area contributed by atoms with Crippen molar-refractivity contribution in [1.29, 1.82) is 0 Å². The Morgan fingerprint density at radius 3 is 0.815 bits per heavy atom. The molecule has 0 aliphatic heterocycles. The summed E-state index contributed by atoms with van der Waals surface area (Å²) >= 11 is 0. The molecule has 27 heavy (non-hydrogen) atoms. The zero-order valence-corrected chi connectivity index (χ0v) is 12.0. The lowest BCUT2D eigenvalue weighted by Gasteiger charge is -2.09. The number of carbonyl (C=O) groups excluding carboxylic acids is 2. The lowest BCUT2D eigenvalue weighted by atomic mass is 10.1. The van der Waals surface area contributed by atoms with Crippen molar-refractivity contribution in [2.24, 2.45) is 0 Å². The fourth-order valence-corrected chi connectivity index (χ4v) is 1.75. The lowest BCUT2D eigenvalue weighted by molar-refractivity contribution is 0.0381. The van der Waals surface area contributed by atoms with Crippen LogP contribution in [0.2, 0.25) is 0 Å². The highest BCUT2D eigenvalue weighted by Gasteiger charge is 2.35. The smallest absolute Gasteiger partial charge is 0.352 e. The predicted octanol–water partition coefficient (Wildman–Crippen LogP) is 4.07. The number of esters is 2. The van der Waals surface area contributed by atoms with E-state index in [0.29, 0.717) is 0 Å². The van der Waals surface area contributed by atoms with Crippen LogP contribution in [0.25, 0.3) is 0 Å². The van der Waals surface area contributed by atoms with Crippen molar-refractivity contribution in [2.45, 2.75) is 0 Å². The topological polar surface area (TPSA) is 43.4 Å². The van der Waals surface area contributed by atoms with Gasteiger partial charge in [-0.2, -0.15) is 0 Å². The minimum atomic E-state index is -2.70. The van der Waals surface area contributed by atoms with E-state index < -0.39 is 81.2 Å². The fraction of sp³-hybridized carbons (Fsp3) is 0. The van der Waals surface area contributed by atoms with Crippen molar-refractivity contribution in [2.75, 3.05) is 0 Å². The zero-order chi connectivity index (χ0) is 20.8. The highest BCUT2D eigenvalue weighted by atomic mass is 19.2. The Morgan fingerprint density at radius 2 is 0.593 bits per heavy atom. The molecule has 0 saturated carbocycles. The van der Waals surface area contributed by atoms with Gasteiger partial charge < -0.3 is 4.74 Å². The number of benzene rings is 2. The van der Waals surface area contributed by atoms with E-state index in [2.05, 4.69) is 4.74 Å². The molecular formula is C14F10O3. The van der Waals surface area contributed by atoms with Gasteiger partial charge in [-0.25, -0.2) is 53.5 Å². The van der Waals surface area contributed by atoms with Crippen LogP contribution in [0.4, 0.5) is 43.9 Å². The van der Waals surface area contributed by atoms with Crippen LogP contribution in [-0.2, 0) is 4.74 Å². The van der Waals surface area contributed by atoms with Crippen molar-refractivity contribution in [3.8, 4) is 0 Å². The minimum Gasteiger partial charge on any atom is -0.385 e. The van der Waals surface area contributed by atoms with Crippen molar-refractivity contribution in [3.05, 3.63) is 69.3 Å². The van der Waals surface area contributed by atoms with Crippen LogP contribution in [0.1, 0.15) is 20.7 Å². The summed E-state index contributed by atoms with van der Waals surface area (Å²) < 4.78 is 135. The zero-order valence-electron chi connectivity index (χ0n) is 12.0. The van der Waals surface area contributed by atoms with Crippen LogP contribution < -0.4 is 0 Å². The molecule has 0 aromatic heterocycles. The van der Waals surface area contributed by atoms with Gasteiger partial charge in [0, 0.05) is 0 Å². The summed E-state index contributed by atoms with van der Waals surface area (Å²) in [6.07, 6.45) is 0. The predicted molar refractivity (Wildman–Crippen MR) is 62.2 cm³/mol. The largest absolute Gasteiger partial charge is 0.385 e. The molecule has 0 atom stereocenters. The van der Waals surface area contributed by atoms with Crippen molar-refractivity contribution in [1.82, 2.24) is 0 Å². The maximum atomic E-state index is 13.4. The molecule has 0 bridgehead atoms. The highest BCUT2D eigenvalue weighted by molar-refractivity contribution is 6.03. The molecule has 2 aromatic carbocycles. The first-order chi connectivity index (χ1) is 12.4. The summed E-state index contributed by atoms with van der Waals surface area (Å²) in [5.74, 6) is -32.2. The van der Waals surface area contributed by atoms with Gasteiger partial charge in [-0.1, -0.05) is 0 Å². The molecule has 0 N–H and O–H groups in total. The average Bonchev–Trinajstić information content (AvgIpc) is 2.61. The van der Waals surface area contributed by atoms with Gasteiger partial charge >= 0.3 is 11.9 Å². The molecule has 0 heterocycles. The Kier molecular flexibility index (Phi) is 5.15. The summed E-state index contributed by atoms with van der Waals surface area (Å²) in [4.78, 5) is 22.9. The summed E-state index contributed by atoms with van der Waals surface area (Å²) in [5, 5.41) is 0. The Labute approximate surface area is 140 Å². The Balaban J connectivity index is 2.52. The first-order valence-electron chi connectivity index (χ1n) is 6.21. The third-order valence-corrected chi connectivity index (χ3v) is 3.01. The summed E-state index contributed by atoms with van der Waals surface area (Å²) in [5.41, 5.74) is -4.66. The van der Waals surface area contributed by atoms with E-state index in [4.69, 9.17) is 0 Å². The van der Waals surface area contributed by atoms with Crippen LogP contribution in [0.15, 0.2) is 0 Å². The third-order valence-electron chi connectivity index (χ3n) is 3.01. The van der Waals surface area contributed by atoms with Gasteiger partial charge in [0.2, 0.25) is 11.6 Å². The molecule has 0 radical (unpaired) electrons. The number of hydrogen-bond donors (Lipinski definition) is 0. The molecule has 0 unspecified atom stereocenters. The van der Waals surface area contributed by atoms with Crippen LogP contribution in [0.3, 0.4) is 0 Å². The molecule has 0 fully saturated rings. The maximum Gasteiger partial charge on any atom is 0.352 e. The molecule has 2 rings (SSSR count). The second kappa shape index (κ2) is 6.89. The van der Waals surface area contributed by atoms with Crippen molar-refractivity contribution >= 4 is 11.9 Å². The van der Waals surface area contributed by atoms with Crippen LogP contribution in [0.5, 0.6) is 0 Å². The number of hydrogen-bond acceptors (Lipinski definition) is 3. The average molecular weight is 406 g/mol. The molecular weight excluding hydrogens is 406 g/mol. The van der Waals surface area contributed by atoms with E-state index in [0.717, 1.165) is 0 Å². The summed E-state index contributed by atoms with van der Waals surface area (Å²) in [6.45, 7) is 0. The molecule has 2 aromatic rings. The van der Waals surface area contributed by atoms with E-state index in [1.54, 1.807) is 0 Å². The van der Waals surface area contributed by atoms with Gasteiger partial charge in [0.1, 0.15) is 11.1 Å². The van der Waals surface area contributed by atoms with E-state index >= 15 is 0 Å². The molecule has 0 aliphatic rings. The third kappa shape index (κ3) is 3.08. The van der Waals surface area contributed by atoms with Gasteiger partial charge in [-0.05, 0) is 0 Å². The molecule has 0 aliphatic carbocycles. The van der Waals surface area contributed by atoms with Gasteiger partial charge in [-0.15, -0.1) is 0 Å². The summed E-state index contributed by atoms with van der Waals surface area (Å²) in [6, 6.07) is 0. The summed E-state index contributed by atoms with van der Waals surface area (Å²) in [7, 11) is 0. The fourth-order valence-electron chi connectivity index (χ4n) is 1.75. The van der Waals surface area contributed by atoms with Gasteiger partial charge in [0.05, 0.1) is 0 Å². The van der Waals surface area contributed by atoms with E-state index in [1.165, 1.54) is 0 Å². The Hall–Kier alpha value is -3.12. The quantitative estimate of drug-likeness (QED) is 0.248.